The van der Waals surface area contributed by atoms with E-state index in [1.807, 2.05) is 0 Å². The predicted molar refractivity (Wildman–Crippen MR) is 90.2 cm³/mol. The highest BCUT2D eigenvalue weighted by atomic mass is 32.1. The van der Waals surface area contributed by atoms with E-state index in [0.29, 0.717) is 11.5 Å². The molecule has 120 valence electrons. The molecule has 0 radical (unpaired) electrons. The molecule has 4 nitrogen and oxygen atoms in total. The van der Waals surface area contributed by atoms with Crippen molar-refractivity contribution in [3.63, 3.8) is 0 Å². The first-order valence-electron chi connectivity index (χ1n) is 8.19. The molecule has 0 aromatic carbocycles. The first-order chi connectivity index (χ1) is 9.93. The second kappa shape index (κ2) is 6.61. The van der Waals surface area contributed by atoms with Gasteiger partial charge in [0.05, 0.1) is 10.4 Å². The molecular weight excluding hydrogens is 282 g/mol. The molecule has 21 heavy (non-hydrogen) atoms. The lowest BCUT2D eigenvalue weighted by Crippen LogP contribution is -2.56. The summed E-state index contributed by atoms with van der Waals surface area (Å²) in [7, 11) is 4.23. The van der Waals surface area contributed by atoms with Crippen molar-refractivity contribution in [3.8, 4) is 0 Å². The largest absolute Gasteiger partial charge is 0.392 e. The number of nitrogens with zero attached hydrogens (tertiary/aromatic N) is 1. The fraction of sp³-hybridized carbons (Fsp3) is 0.875. The first-order valence-corrected chi connectivity index (χ1v) is 8.59. The molecule has 0 atom stereocenters. The van der Waals surface area contributed by atoms with E-state index in [1.54, 1.807) is 0 Å². The fourth-order valence-electron chi connectivity index (χ4n) is 3.97. The molecule has 0 unspecified atom stereocenters. The van der Waals surface area contributed by atoms with Crippen molar-refractivity contribution in [3.05, 3.63) is 0 Å². The summed E-state index contributed by atoms with van der Waals surface area (Å²) >= 11 is 5.24. The molecule has 0 aliphatic heterocycles. The van der Waals surface area contributed by atoms with Crippen molar-refractivity contribution in [2.75, 3.05) is 20.6 Å². The molecule has 0 aromatic rings. The van der Waals surface area contributed by atoms with Gasteiger partial charge < -0.3 is 16.0 Å². The Kier molecular flexibility index (Phi) is 5.25. The summed E-state index contributed by atoms with van der Waals surface area (Å²) in [6.45, 7) is 0.712. The smallest absolute Gasteiger partial charge is 0.233 e. The van der Waals surface area contributed by atoms with Gasteiger partial charge in [0.2, 0.25) is 5.91 Å². The number of likely N-dealkylation sites (N-methyl/N-ethyl adjacent to an activating group) is 1. The lowest BCUT2D eigenvalue weighted by molar-refractivity contribution is -0.129. The maximum absolute atomic E-state index is 12.8. The third-order valence-electron chi connectivity index (χ3n) is 5.67. The Labute approximate surface area is 133 Å². The standard InChI is InChI=1S/C16H29N3OS/c1-19(2)15(8-6-7-9-15)12-18-14(20)16(13(17)21)10-4-3-5-11-16/h3-12H2,1-2H3,(H2,17,21)(H,18,20). The third kappa shape index (κ3) is 3.24. The predicted octanol–water partition coefficient (Wildman–Crippen LogP) is 2.21. The van der Waals surface area contributed by atoms with Crippen molar-refractivity contribution < 1.29 is 4.79 Å². The van der Waals surface area contributed by atoms with Crippen LogP contribution in [0, 0.1) is 5.41 Å². The van der Waals surface area contributed by atoms with Crippen LogP contribution in [-0.4, -0.2) is 42.0 Å². The number of carbonyl (C=O) groups is 1. The second-order valence-electron chi connectivity index (χ2n) is 7.02. The molecule has 2 saturated carbocycles. The molecule has 2 rings (SSSR count). The molecule has 0 spiro atoms. The Bertz CT molecular complexity index is 396. The Morgan fingerprint density at radius 1 is 1.10 bits per heavy atom. The molecule has 0 aromatic heterocycles. The maximum atomic E-state index is 12.8. The van der Waals surface area contributed by atoms with Crippen LogP contribution in [0.3, 0.4) is 0 Å². The number of nitrogens with one attached hydrogen (secondary N) is 1. The highest BCUT2D eigenvalue weighted by Gasteiger charge is 2.44. The molecule has 2 fully saturated rings. The average molecular weight is 311 g/mol. The van der Waals surface area contributed by atoms with Crippen LogP contribution in [0.15, 0.2) is 0 Å². The van der Waals surface area contributed by atoms with Crippen molar-refractivity contribution in [2.45, 2.75) is 63.3 Å². The molecule has 3 N–H and O–H groups in total. The SMILES string of the molecule is CN(C)C1(CNC(=O)C2(C(N)=S)CCCCC2)CCCC1. The zero-order valence-electron chi connectivity index (χ0n) is 13.4. The summed E-state index contributed by atoms with van der Waals surface area (Å²) in [4.78, 5) is 15.4. The number of nitrogens with two attached hydrogens (primary N) is 1. The molecule has 1 amide bonds. The minimum Gasteiger partial charge on any atom is -0.392 e. The molecule has 2 aliphatic rings. The Morgan fingerprint density at radius 2 is 1.62 bits per heavy atom. The van der Waals surface area contributed by atoms with E-state index in [2.05, 4.69) is 24.3 Å². The summed E-state index contributed by atoms with van der Waals surface area (Å²) < 4.78 is 0. The monoisotopic (exact) mass is 311 g/mol. The summed E-state index contributed by atoms with van der Waals surface area (Å²) in [6, 6.07) is 0. The topological polar surface area (TPSA) is 58.4 Å². The fourth-order valence-corrected chi connectivity index (χ4v) is 4.27. The van der Waals surface area contributed by atoms with Crippen LogP contribution in [0.5, 0.6) is 0 Å². The Morgan fingerprint density at radius 3 is 2.10 bits per heavy atom. The van der Waals surface area contributed by atoms with Crippen LogP contribution >= 0.6 is 12.2 Å². The number of hydrogen-bond acceptors (Lipinski definition) is 3. The summed E-state index contributed by atoms with van der Waals surface area (Å²) in [5, 5.41) is 3.19. The minimum absolute atomic E-state index is 0.0582. The van der Waals surface area contributed by atoms with Gasteiger partial charge in [-0.05, 0) is 39.8 Å². The molecular formula is C16H29N3OS. The first kappa shape index (κ1) is 16.7. The lowest BCUT2D eigenvalue weighted by Gasteiger charge is -2.39. The van der Waals surface area contributed by atoms with Gasteiger partial charge in [-0.1, -0.05) is 44.3 Å². The summed E-state index contributed by atoms with van der Waals surface area (Å²) in [6.07, 6.45) is 9.68. The van der Waals surface area contributed by atoms with Crippen LogP contribution in [0.25, 0.3) is 0 Å². The molecule has 5 heteroatoms. The zero-order chi connectivity index (χ0) is 15.5. The Balaban J connectivity index is 2.04. The van der Waals surface area contributed by atoms with Gasteiger partial charge in [-0.3, -0.25) is 4.79 Å². The zero-order valence-corrected chi connectivity index (χ0v) is 14.2. The van der Waals surface area contributed by atoms with E-state index < -0.39 is 5.41 Å². The van der Waals surface area contributed by atoms with Gasteiger partial charge in [0.15, 0.2) is 0 Å². The van der Waals surface area contributed by atoms with Crippen LogP contribution in [0.1, 0.15) is 57.8 Å². The third-order valence-corrected chi connectivity index (χ3v) is 6.07. The number of rotatable bonds is 5. The van der Waals surface area contributed by atoms with Crippen molar-refractivity contribution in [1.82, 2.24) is 10.2 Å². The van der Waals surface area contributed by atoms with E-state index in [1.165, 1.54) is 19.3 Å². The molecule has 0 heterocycles. The average Bonchev–Trinajstić information content (AvgIpc) is 2.95. The Hall–Kier alpha value is -0.680. The minimum atomic E-state index is -0.598. The molecule has 0 bridgehead atoms. The van der Waals surface area contributed by atoms with E-state index in [9.17, 15) is 4.79 Å². The molecule has 0 saturated heterocycles. The van der Waals surface area contributed by atoms with Crippen LogP contribution in [0.4, 0.5) is 0 Å². The van der Waals surface area contributed by atoms with Crippen LogP contribution in [0.2, 0.25) is 0 Å². The van der Waals surface area contributed by atoms with E-state index >= 15 is 0 Å². The van der Waals surface area contributed by atoms with E-state index in [-0.39, 0.29) is 11.4 Å². The highest BCUT2D eigenvalue weighted by Crippen LogP contribution is 2.38. The summed E-state index contributed by atoms with van der Waals surface area (Å²) in [5.74, 6) is 0.0582. The van der Waals surface area contributed by atoms with Crippen molar-refractivity contribution >= 4 is 23.1 Å². The van der Waals surface area contributed by atoms with E-state index in [4.69, 9.17) is 18.0 Å². The van der Waals surface area contributed by atoms with Gasteiger partial charge in [0.1, 0.15) is 0 Å². The van der Waals surface area contributed by atoms with Gasteiger partial charge in [0, 0.05) is 12.1 Å². The molecule has 2 aliphatic carbocycles. The normalized spacial score (nSPS) is 24.0. The van der Waals surface area contributed by atoms with Gasteiger partial charge in [-0.25, -0.2) is 0 Å². The number of amides is 1. The van der Waals surface area contributed by atoms with E-state index in [0.717, 1.165) is 38.5 Å². The van der Waals surface area contributed by atoms with Gasteiger partial charge in [-0.15, -0.1) is 0 Å². The van der Waals surface area contributed by atoms with Crippen LogP contribution < -0.4 is 11.1 Å². The van der Waals surface area contributed by atoms with Crippen molar-refractivity contribution in [1.29, 1.82) is 0 Å². The highest BCUT2D eigenvalue weighted by molar-refractivity contribution is 7.80. The van der Waals surface area contributed by atoms with Gasteiger partial charge in [-0.2, -0.15) is 0 Å². The number of carbonyl (C=O) groups excluding carboxylic acids is 1. The maximum Gasteiger partial charge on any atom is 0.233 e. The van der Waals surface area contributed by atoms with Crippen molar-refractivity contribution in [2.24, 2.45) is 11.1 Å². The second-order valence-corrected chi connectivity index (χ2v) is 7.46. The number of hydrogen-bond donors (Lipinski definition) is 2. The van der Waals surface area contributed by atoms with Crippen LogP contribution in [-0.2, 0) is 4.79 Å². The number of thiocarbonyl (C=S) groups is 1. The van der Waals surface area contributed by atoms with Gasteiger partial charge >= 0.3 is 0 Å². The summed E-state index contributed by atoms with van der Waals surface area (Å²) in [5.41, 5.74) is 5.46. The quantitative estimate of drug-likeness (QED) is 0.764. The van der Waals surface area contributed by atoms with Gasteiger partial charge in [0.25, 0.3) is 0 Å². The lowest BCUT2D eigenvalue weighted by atomic mass is 9.73.